The number of rotatable bonds is 2. The third-order valence-corrected chi connectivity index (χ3v) is 5.81. The normalized spacial score (nSPS) is 21.9. The van der Waals surface area contributed by atoms with E-state index in [2.05, 4.69) is 23.7 Å². The Balaban J connectivity index is 1.79. The number of nitrogens with one attached hydrogen (secondary N) is 1. The first-order valence-electron chi connectivity index (χ1n) is 6.61. The highest BCUT2D eigenvalue weighted by molar-refractivity contribution is 8.01. The van der Waals surface area contributed by atoms with Gasteiger partial charge < -0.3 is 5.32 Å². The highest BCUT2D eigenvalue weighted by atomic mass is 32.2. The maximum absolute atomic E-state index is 12.6. The van der Waals surface area contributed by atoms with Gasteiger partial charge in [-0.05, 0) is 47.7 Å². The van der Waals surface area contributed by atoms with Crippen LogP contribution in [0.3, 0.4) is 0 Å². The molecule has 6 heteroatoms. The van der Waals surface area contributed by atoms with Gasteiger partial charge in [0, 0.05) is 10.9 Å². The molecule has 0 saturated carbocycles. The first-order valence-corrected chi connectivity index (χ1v) is 8.37. The average molecular weight is 329 g/mol. The summed E-state index contributed by atoms with van der Waals surface area (Å²) < 4.78 is 39.0. The van der Waals surface area contributed by atoms with Gasteiger partial charge in [-0.1, -0.05) is 6.92 Å². The molecule has 21 heavy (non-hydrogen) atoms. The molecule has 2 atom stereocenters. The van der Waals surface area contributed by atoms with E-state index in [4.69, 9.17) is 0 Å². The Hall–Kier alpha value is -1.14. The summed E-state index contributed by atoms with van der Waals surface area (Å²) in [5.74, 6) is 0. The fraction of sp³-hybridized carbons (Fsp3) is 0.333. The molecule has 2 aromatic rings. The van der Waals surface area contributed by atoms with E-state index >= 15 is 0 Å². The summed E-state index contributed by atoms with van der Waals surface area (Å²) >= 11 is 3.59. The summed E-state index contributed by atoms with van der Waals surface area (Å²) in [5.41, 5.74) is 1.36. The average Bonchev–Trinajstić information content (AvgIpc) is 2.86. The second-order valence-corrected chi connectivity index (χ2v) is 7.72. The van der Waals surface area contributed by atoms with Crippen LogP contribution in [0.2, 0.25) is 0 Å². The molecule has 0 saturated heterocycles. The Bertz CT molecular complexity index is 619. The van der Waals surface area contributed by atoms with Gasteiger partial charge in [-0.3, -0.25) is 0 Å². The number of thioether (sulfide) groups is 1. The van der Waals surface area contributed by atoms with Crippen molar-refractivity contribution >= 4 is 28.8 Å². The van der Waals surface area contributed by atoms with Crippen LogP contribution in [0.25, 0.3) is 0 Å². The summed E-state index contributed by atoms with van der Waals surface area (Å²) in [5, 5.41) is 5.93. The van der Waals surface area contributed by atoms with Crippen molar-refractivity contribution in [3.63, 3.8) is 0 Å². The number of alkyl halides is 3. The summed E-state index contributed by atoms with van der Waals surface area (Å²) in [6, 6.07) is 7.51. The van der Waals surface area contributed by atoms with Crippen LogP contribution in [0.1, 0.15) is 30.5 Å². The SMILES string of the molecule is C[C@H]1CC(Nc2ccc(C(F)(F)F)cc2)c2ccsc2S1. The van der Waals surface area contributed by atoms with Crippen molar-refractivity contribution < 1.29 is 13.2 Å². The van der Waals surface area contributed by atoms with Gasteiger partial charge >= 0.3 is 6.18 Å². The molecule has 1 aromatic carbocycles. The van der Waals surface area contributed by atoms with Gasteiger partial charge in [0.15, 0.2) is 0 Å². The van der Waals surface area contributed by atoms with E-state index in [1.54, 1.807) is 11.3 Å². The number of anilines is 1. The zero-order chi connectivity index (χ0) is 15.0. The van der Waals surface area contributed by atoms with E-state index in [0.29, 0.717) is 5.25 Å². The molecule has 0 radical (unpaired) electrons. The molecular weight excluding hydrogens is 315 g/mol. The van der Waals surface area contributed by atoms with Crippen molar-refractivity contribution in [2.75, 3.05) is 5.32 Å². The molecule has 0 amide bonds. The Labute approximate surface area is 129 Å². The maximum Gasteiger partial charge on any atom is 0.416 e. The topological polar surface area (TPSA) is 12.0 Å². The molecule has 1 aliphatic heterocycles. The molecule has 1 unspecified atom stereocenters. The van der Waals surface area contributed by atoms with E-state index in [0.717, 1.165) is 24.2 Å². The minimum atomic E-state index is -4.28. The lowest BCUT2D eigenvalue weighted by Crippen LogP contribution is -2.19. The molecular formula is C15H14F3NS2. The lowest BCUT2D eigenvalue weighted by Gasteiger charge is -2.28. The second-order valence-electron chi connectivity index (χ2n) is 5.10. The maximum atomic E-state index is 12.6. The number of halogens is 3. The van der Waals surface area contributed by atoms with Crippen molar-refractivity contribution in [1.82, 2.24) is 0 Å². The second kappa shape index (κ2) is 5.57. The molecule has 1 aliphatic rings. The van der Waals surface area contributed by atoms with Crippen LogP contribution in [0.5, 0.6) is 0 Å². The molecule has 0 bridgehead atoms. The molecule has 3 rings (SSSR count). The minimum Gasteiger partial charge on any atom is -0.378 e. The van der Waals surface area contributed by atoms with Crippen molar-refractivity contribution in [1.29, 1.82) is 0 Å². The quantitative estimate of drug-likeness (QED) is 0.747. The van der Waals surface area contributed by atoms with Gasteiger partial charge in [-0.15, -0.1) is 23.1 Å². The molecule has 112 valence electrons. The zero-order valence-corrected chi connectivity index (χ0v) is 12.9. The van der Waals surface area contributed by atoms with E-state index in [9.17, 15) is 13.2 Å². The van der Waals surface area contributed by atoms with Crippen LogP contribution in [0, 0.1) is 0 Å². The molecule has 0 aliphatic carbocycles. The molecule has 0 fully saturated rings. The van der Waals surface area contributed by atoms with Crippen LogP contribution in [0.4, 0.5) is 18.9 Å². The molecule has 1 nitrogen and oxygen atoms in total. The van der Waals surface area contributed by atoms with E-state index in [1.807, 2.05) is 11.8 Å². The monoisotopic (exact) mass is 329 g/mol. The van der Waals surface area contributed by atoms with Gasteiger partial charge in [0.25, 0.3) is 0 Å². The van der Waals surface area contributed by atoms with Crippen molar-refractivity contribution in [2.45, 2.75) is 35.0 Å². The minimum absolute atomic E-state index is 0.166. The fourth-order valence-corrected chi connectivity index (χ4v) is 5.01. The van der Waals surface area contributed by atoms with E-state index in [-0.39, 0.29) is 6.04 Å². The highest BCUT2D eigenvalue weighted by Gasteiger charge is 2.30. The van der Waals surface area contributed by atoms with Crippen LogP contribution < -0.4 is 5.32 Å². The smallest absolute Gasteiger partial charge is 0.378 e. The standard InChI is InChI=1S/C15H14F3NS2/c1-9-8-13(12-6-7-20-14(12)21-9)19-11-4-2-10(3-5-11)15(16,17)18/h2-7,9,13,19H,8H2,1H3/t9-,13?/m0/s1. The van der Waals surface area contributed by atoms with Crippen LogP contribution in [0.15, 0.2) is 39.9 Å². The number of hydrogen-bond acceptors (Lipinski definition) is 3. The zero-order valence-electron chi connectivity index (χ0n) is 11.3. The van der Waals surface area contributed by atoms with Crippen molar-refractivity contribution in [2.24, 2.45) is 0 Å². The lowest BCUT2D eigenvalue weighted by molar-refractivity contribution is -0.137. The lowest BCUT2D eigenvalue weighted by atomic mass is 10.0. The predicted molar refractivity (Wildman–Crippen MR) is 82.1 cm³/mol. The van der Waals surface area contributed by atoms with E-state index in [1.165, 1.54) is 21.9 Å². The van der Waals surface area contributed by atoms with Gasteiger partial charge in [0.1, 0.15) is 0 Å². The van der Waals surface area contributed by atoms with Crippen LogP contribution >= 0.6 is 23.1 Å². The Morgan fingerprint density at radius 1 is 1.14 bits per heavy atom. The first kappa shape index (κ1) is 14.8. The van der Waals surface area contributed by atoms with Crippen molar-refractivity contribution in [3.05, 3.63) is 46.8 Å². The Morgan fingerprint density at radius 3 is 2.52 bits per heavy atom. The number of hydrogen-bond donors (Lipinski definition) is 1. The third-order valence-electron chi connectivity index (χ3n) is 3.46. The number of fused-ring (bicyclic) bond motifs is 1. The van der Waals surface area contributed by atoms with Gasteiger partial charge in [0.05, 0.1) is 15.8 Å². The molecule has 0 spiro atoms. The van der Waals surface area contributed by atoms with Gasteiger partial charge in [-0.2, -0.15) is 13.2 Å². The van der Waals surface area contributed by atoms with Gasteiger partial charge in [-0.25, -0.2) is 0 Å². The fourth-order valence-electron chi connectivity index (χ4n) is 2.44. The van der Waals surface area contributed by atoms with Crippen LogP contribution in [-0.2, 0) is 6.18 Å². The number of benzene rings is 1. The molecule has 2 heterocycles. The predicted octanol–water partition coefficient (Wildman–Crippen LogP) is 5.80. The number of thiophene rings is 1. The third kappa shape index (κ3) is 3.21. The van der Waals surface area contributed by atoms with Gasteiger partial charge in [0.2, 0.25) is 0 Å². The summed E-state index contributed by atoms with van der Waals surface area (Å²) in [4.78, 5) is 0. The van der Waals surface area contributed by atoms with E-state index < -0.39 is 11.7 Å². The first-order chi connectivity index (χ1) is 9.93. The summed E-state index contributed by atoms with van der Waals surface area (Å²) in [6.45, 7) is 2.18. The summed E-state index contributed by atoms with van der Waals surface area (Å²) in [6.07, 6.45) is -3.32. The highest BCUT2D eigenvalue weighted by Crippen LogP contribution is 2.45. The van der Waals surface area contributed by atoms with Crippen LogP contribution in [-0.4, -0.2) is 5.25 Å². The Kier molecular flexibility index (Phi) is 3.92. The summed E-state index contributed by atoms with van der Waals surface area (Å²) in [7, 11) is 0. The van der Waals surface area contributed by atoms with Crippen molar-refractivity contribution in [3.8, 4) is 0 Å². The molecule has 1 aromatic heterocycles. The largest absolute Gasteiger partial charge is 0.416 e. The molecule has 1 N–H and O–H groups in total. The Morgan fingerprint density at radius 2 is 1.86 bits per heavy atom.